The number of esters is 1. The Kier molecular flexibility index (Phi) is 6.76. The van der Waals surface area contributed by atoms with Crippen molar-refractivity contribution in [1.29, 1.82) is 0 Å². The molecule has 190 valence electrons. The van der Waals surface area contributed by atoms with Crippen molar-refractivity contribution in [3.8, 4) is 0 Å². The summed E-state index contributed by atoms with van der Waals surface area (Å²) in [4.78, 5) is 39.6. The lowest BCUT2D eigenvalue weighted by Gasteiger charge is -2.17. The van der Waals surface area contributed by atoms with Crippen LogP contribution in [0.4, 0.5) is 9.18 Å². The van der Waals surface area contributed by atoms with E-state index in [4.69, 9.17) is 4.74 Å². The molecule has 1 amide bonds. The van der Waals surface area contributed by atoms with Gasteiger partial charge in [0.05, 0.1) is 36.3 Å². The first-order chi connectivity index (χ1) is 18.0. The minimum atomic E-state index is -0.632. The molecule has 1 saturated heterocycles. The van der Waals surface area contributed by atoms with Gasteiger partial charge >= 0.3 is 17.8 Å². The fourth-order valence-corrected chi connectivity index (χ4v) is 4.76. The van der Waals surface area contributed by atoms with Crippen LogP contribution in [0.3, 0.4) is 0 Å². The lowest BCUT2D eigenvalue weighted by atomic mass is 10.1. The third-order valence-corrected chi connectivity index (χ3v) is 6.66. The van der Waals surface area contributed by atoms with Gasteiger partial charge in [0.2, 0.25) is 0 Å². The number of nitrogens with zero attached hydrogens (tertiary/aromatic N) is 3. The average Bonchev–Trinajstić information content (AvgIpc) is 3.51. The number of carbonyl (C=O) groups excluding carboxylic acids is 2. The third kappa shape index (κ3) is 4.84. The number of methoxy groups -OCH3 is 1. The Morgan fingerprint density at radius 1 is 1.00 bits per heavy atom. The van der Waals surface area contributed by atoms with Crippen molar-refractivity contribution in [2.75, 3.05) is 20.2 Å². The fraction of sp³-hybridized carbons (Fsp3) is 0.250. The quantitative estimate of drug-likeness (QED) is 0.365. The van der Waals surface area contributed by atoms with Crippen LogP contribution in [0.2, 0.25) is 0 Å². The number of likely N-dealkylation sites (tertiary alicyclic amines) is 1. The van der Waals surface area contributed by atoms with E-state index in [9.17, 15) is 18.8 Å². The second-order valence-electron chi connectivity index (χ2n) is 8.95. The molecule has 2 heterocycles. The van der Waals surface area contributed by atoms with E-state index < -0.39 is 17.9 Å². The predicted molar refractivity (Wildman–Crippen MR) is 135 cm³/mol. The minimum absolute atomic E-state index is 0.00478. The molecule has 0 bridgehead atoms. The van der Waals surface area contributed by atoms with E-state index in [1.807, 2.05) is 54.6 Å². The van der Waals surface area contributed by atoms with E-state index in [2.05, 4.69) is 4.74 Å². The number of aromatic nitrogens is 2. The summed E-state index contributed by atoms with van der Waals surface area (Å²) >= 11 is 0. The number of rotatable bonds is 6. The Morgan fingerprint density at radius 3 is 2.46 bits per heavy atom. The number of ether oxygens (including phenoxy) is 2. The molecular formula is C28H26FN3O5. The van der Waals surface area contributed by atoms with Gasteiger partial charge in [-0.3, -0.25) is 9.13 Å². The molecule has 0 N–H and O–H groups in total. The van der Waals surface area contributed by atoms with Gasteiger partial charge in [-0.05, 0) is 36.2 Å². The van der Waals surface area contributed by atoms with E-state index in [0.717, 1.165) is 11.6 Å². The van der Waals surface area contributed by atoms with E-state index in [-0.39, 0.29) is 36.0 Å². The minimum Gasteiger partial charge on any atom is -0.465 e. The van der Waals surface area contributed by atoms with E-state index in [0.29, 0.717) is 30.5 Å². The first kappa shape index (κ1) is 24.3. The van der Waals surface area contributed by atoms with Crippen molar-refractivity contribution in [2.45, 2.75) is 25.6 Å². The molecule has 5 rings (SSSR count). The van der Waals surface area contributed by atoms with Crippen LogP contribution in [-0.2, 0) is 22.6 Å². The van der Waals surface area contributed by atoms with Crippen molar-refractivity contribution >= 4 is 23.1 Å². The van der Waals surface area contributed by atoms with Crippen molar-refractivity contribution in [2.24, 2.45) is 0 Å². The first-order valence-electron chi connectivity index (χ1n) is 12.0. The van der Waals surface area contributed by atoms with Gasteiger partial charge in [0.15, 0.2) is 0 Å². The van der Waals surface area contributed by atoms with Gasteiger partial charge in [0.1, 0.15) is 12.4 Å². The molecule has 9 heteroatoms. The maximum absolute atomic E-state index is 14.8. The monoisotopic (exact) mass is 503 g/mol. The number of hydrogen-bond donors (Lipinski definition) is 0. The summed E-state index contributed by atoms with van der Waals surface area (Å²) in [5.74, 6) is -1.23. The number of fused-ring (bicyclic) bond motifs is 1. The van der Waals surface area contributed by atoms with Gasteiger partial charge in [0, 0.05) is 18.7 Å². The fourth-order valence-electron chi connectivity index (χ4n) is 4.76. The molecule has 4 aromatic rings. The highest BCUT2D eigenvalue weighted by molar-refractivity contribution is 5.89. The molecule has 37 heavy (non-hydrogen) atoms. The maximum atomic E-state index is 14.8. The maximum Gasteiger partial charge on any atom is 0.410 e. The Bertz CT molecular complexity index is 1510. The highest BCUT2D eigenvalue weighted by atomic mass is 19.1. The Balaban J connectivity index is 1.38. The largest absolute Gasteiger partial charge is 0.465 e. The van der Waals surface area contributed by atoms with Gasteiger partial charge in [0.25, 0.3) is 0 Å². The molecular weight excluding hydrogens is 477 g/mol. The summed E-state index contributed by atoms with van der Waals surface area (Å²) < 4.78 is 28.1. The molecule has 1 aromatic heterocycles. The second-order valence-corrected chi connectivity index (χ2v) is 8.95. The molecule has 1 aliphatic rings. The molecule has 0 aliphatic carbocycles. The first-order valence-corrected chi connectivity index (χ1v) is 12.0. The van der Waals surface area contributed by atoms with Crippen LogP contribution in [0.25, 0.3) is 11.0 Å². The number of hydrogen-bond acceptors (Lipinski definition) is 5. The predicted octanol–water partition coefficient (Wildman–Crippen LogP) is 4.36. The topological polar surface area (TPSA) is 82.8 Å². The zero-order valence-corrected chi connectivity index (χ0v) is 20.3. The van der Waals surface area contributed by atoms with Crippen LogP contribution in [0.1, 0.15) is 33.9 Å². The number of amides is 1. The van der Waals surface area contributed by atoms with Crippen LogP contribution in [0.5, 0.6) is 0 Å². The van der Waals surface area contributed by atoms with Crippen molar-refractivity contribution in [1.82, 2.24) is 14.0 Å². The van der Waals surface area contributed by atoms with Gasteiger partial charge < -0.3 is 14.4 Å². The summed E-state index contributed by atoms with van der Waals surface area (Å²) in [6.45, 7) is 0.979. The molecule has 1 aliphatic heterocycles. The lowest BCUT2D eigenvalue weighted by Crippen LogP contribution is -2.32. The SMILES string of the molecule is COC(=O)c1ccc(Cn2c(=O)n(C3CCN(C(=O)OCc4ccccc4)C3)c3ccccc32)c(F)c1. The summed E-state index contributed by atoms with van der Waals surface area (Å²) in [6, 6.07) is 20.6. The lowest BCUT2D eigenvalue weighted by molar-refractivity contribution is 0.0600. The second kappa shape index (κ2) is 10.3. The highest BCUT2D eigenvalue weighted by Crippen LogP contribution is 2.26. The van der Waals surface area contributed by atoms with E-state index in [1.165, 1.54) is 23.8 Å². The third-order valence-electron chi connectivity index (χ3n) is 6.66. The smallest absolute Gasteiger partial charge is 0.410 e. The number of halogens is 1. The zero-order chi connectivity index (χ0) is 25.9. The summed E-state index contributed by atoms with van der Waals surface area (Å²) in [5, 5.41) is 0. The zero-order valence-electron chi connectivity index (χ0n) is 20.3. The van der Waals surface area contributed by atoms with Crippen LogP contribution in [0.15, 0.2) is 77.6 Å². The van der Waals surface area contributed by atoms with E-state index >= 15 is 0 Å². The molecule has 0 spiro atoms. The number of imidazole rings is 1. The Labute approximate surface area is 212 Å². The molecule has 1 unspecified atom stereocenters. The van der Waals surface area contributed by atoms with Crippen LogP contribution in [0, 0.1) is 5.82 Å². The molecule has 1 fully saturated rings. The van der Waals surface area contributed by atoms with Crippen LogP contribution >= 0.6 is 0 Å². The molecule has 3 aromatic carbocycles. The van der Waals surface area contributed by atoms with Crippen molar-refractivity contribution in [3.63, 3.8) is 0 Å². The summed E-state index contributed by atoms with van der Waals surface area (Å²) in [7, 11) is 1.23. The van der Waals surface area contributed by atoms with Crippen molar-refractivity contribution in [3.05, 3.63) is 106 Å². The van der Waals surface area contributed by atoms with Crippen LogP contribution < -0.4 is 5.69 Å². The van der Waals surface area contributed by atoms with Crippen molar-refractivity contribution < 1.29 is 23.5 Å². The number of para-hydroxylation sites is 2. The average molecular weight is 504 g/mol. The summed E-state index contributed by atoms with van der Waals surface area (Å²) in [5.41, 5.74) is 2.36. The van der Waals surface area contributed by atoms with Crippen LogP contribution in [-0.4, -0.2) is 46.3 Å². The molecule has 0 radical (unpaired) electrons. The Hall–Kier alpha value is -4.40. The van der Waals surface area contributed by atoms with Gasteiger partial charge in [-0.2, -0.15) is 0 Å². The number of benzene rings is 3. The normalized spacial score (nSPS) is 15.2. The molecule has 1 atom stereocenters. The molecule has 8 nitrogen and oxygen atoms in total. The summed E-state index contributed by atoms with van der Waals surface area (Å²) in [6.07, 6.45) is 0.173. The number of carbonyl (C=O) groups is 2. The standard InChI is InChI=1S/C28H26FN3O5/c1-36-26(33)20-11-12-21(23(29)15-20)16-31-24-9-5-6-10-25(24)32(27(31)34)22-13-14-30(17-22)28(35)37-18-19-7-3-2-4-8-19/h2-12,15,22H,13-14,16-18H2,1H3. The van der Waals surface area contributed by atoms with Gasteiger partial charge in [-0.1, -0.05) is 48.5 Å². The van der Waals surface area contributed by atoms with Gasteiger partial charge in [-0.15, -0.1) is 0 Å². The van der Waals surface area contributed by atoms with E-state index in [1.54, 1.807) is 9.47 Å². The Morgan fingerprint density at radius 2 is 1.73 bits per heavy atom. The highest BCUT2D eigenvalue weighted by Gasteiger charge is 2.31. The van der Waals surface area contributed by atoms with Gasteiger partial charge in [-0.25, -0.2) is 18.8 Å². The molecule has 0 saturated carbocycles.